The number of fused-ring (bicyclic) bond motifs is 1. The molecule has 0 aliphatic carbocycles. The van der Waals surface area contributed by atoms with Crippen LogP contribution in [0, 0.1) is 12.3 Å². The number of ether oxygens (including phenoxy) is 1. The number of hydrogen-bond acceptors (Lipinski definition) is 5. The van der Waals surface area contributed by atoms with E-state index in [1.807, 2.05) is 13.0 Å². The Kier molecular flexibility index (Phi) is 5.91. The van der Waals surface area contributed by atoms with Crippen molar-refractivity contribution in [3.05, 3.63) is 34.4 Å². The lowest BCUT2D eigenvalue weighted by atomic mass is 9.83. The zero-order valence-electron chi connectivity index (χ0n) is 14.5. The van der Waals surface area contributed by atoms with E-state index < -0.39 is 6.10 Å². The number of aliphatic hydroxyl groups excluding tert-OH is 1. The molecule has 0 spiro atoms. The molecule has 134 valence electrons. The minimum absolute atomic E-state index is 0. The molecule has 1 unspecified atom stereocenters. The zero-order chi connectivity index (χ0) is 16.6. The van der Waals surface area contributed by atoms with Crippen molar-refractivity contribution >= 4 is 17.6 Å². The molecular weight excluding hydrogens is 328 g/mol. The van der Waals surface area contributed by atoms with Crippen LogP contribution in [0.25, 0.3) is 0 Å². The van der Waals surface area contributed by atoms with Gasteiger partial charge in [0.15, 0.2) is 0 Å². The molecule has 2 atom stereocenters. The smallest absolute Gasteiger partial charge is 0.338 e. The topological polar surface area (TPSA) is 84.8 Å². The highest BCUT2D eigenvalue weighted by molar-refractivity contribution is 6.18. The Balaban J connectivity index is 0.00000208. The molecule has 0 aromatic heterocycles. The molecule has 6 heteroatoms. The van der Waals surface area contributed by atoms with Crippen LogP contribution in [-0.4, -0.2) is 41.5 Å². The third-order valence-electron chi connectivity index (χ3n) is 5.18. The molecule has 24 heavy (non-hydrogen) atoms. The van der Waals surface area contributed by atoms with Crippen LogP contribution in [-0.2, 0) is 11.3 Å². The maximum absolute atomic E-state index is 11.6. The van der Waals surface area contributed by atoms with Gasteiger partial charge in [0.2, 0.25) is 0 Å². The predicted octanol–water partition coefficient (Wildman–Crippen LogP) is 3.20. The summed E-state index contributed by atoms with van der Waals surface area (Å²) < 4.78 is 5.09. The number of carbonyl (C=O) groups is 1. The van der Waals surface area contributed by atoms with Gasteiger partial charge in [0, 0.05) is 24.5 Å². The zero-order valence-corrected chi connectivity index (χ0v) is 15.2. The second-order valence-electron chi connectivity index (χ2n) is 7.18. The average Bonchev–Trinajstić information content (AvgIpc) is 2.90. The quantitative estimate of drug-likeness (QED) is 0.640. The van der Waals surface area contributed by atoms with Crippen LogP contribution in [0.1, 0.15) is 52.9 Å². The number of benzene rings is 1. The first-order valence-corrected chi connectivity index (χ1v) is 8.73. The Bertz CT molecular complexity index is 623. The van der Waals surface area contributed by atoms with E-state index in [-0.39, 0.29) is 17.5 Å². The van der Waals surface area contributed by atoms with Crippen molar-refractivity contribution in [2.24, 2.45) is 5.41 Å². The molecule has 1 aromatic rings. The summed E-state index contributed by atoms with van der Waals surface area (Å²) in [5.74, 6) is 0.384. The van der Waals surface area contributed by atoms with Gasteiger partial charge in [-0.05, 0) is 48.9 Å². The van der Waals surface area contributed by atoms with Crippen molar-refractivity contribution in [3.8, 4) is 0 Å². The van der Waals surface area contributed by atoms with Crippen LogP contribution in [0.15, 0.2) is 12.1 Å². The summed E-state index contributed by atoms with van der Waals surface area (Å²) in [7, 11) is 0. The van der Waals surface area contributed by atoms with Gasteiger partial charge in [0.1, 0.15) is 6.61 Å². The molecule has 3 rings (SSSR count). The van der Waals surface area contributed by atoms with Crippen LogP contribution < -0.4 is 6.15 Å². The number of hydrogen-bond donors (Lipinski definition) is 2. The number of rotatable bonds is 4. The second-order valence-corrected chi connectivity index (χ2v) is 7.45. The molecule has 5 nitrogen and oxygen atoms in total. The first-order valence-electron chi connectivity index (χ1n) is 8.19. The minimum Gasteiger partial charge on any atom is -0.457 e. The molecule has 4 N–H and O–H groups in total. The lowest BCUT2D eigenvalue weighted by Gasteiger charge is -2.40. The van der Waals surface area contributed by atoms with Crippen molar-refractivity contribution in [2.45, 2.75) is 39.4 Å². The number of likely N-dealkylation sites (tertiary alicyclic amines) is 1. The van der Waals surface area contributed by atoms with Crippen molar-refractivity contribution in [3.63, 3.8) is 0 Å². The third kappa shape index (κ3) is 3.59. The number of halogens is 1. The fourth-order valence-electron chi connectivity index (χ4n) is 3.76. The van der Waals surface area contributed by atoms with Gasteiger partial charge in [0.05, 0.1) is 11.7 Å². The summed E-state index contributed by atoms with van der Waals surface area (Å²) >= 11 is 6.11. The van der Waals surface area contributed by atoms with Crippen LogP contribution in [0.2, 0.25) is 0 Å². The van der Waals surface area contributed by atoms with Gasteiger partial charge in [-0.15, -0.1) is 11.6 Å². The molecule has 1 saturated heterocycles. The van der Waals surface area contributed by atoms with Crippen LogP contribution in [0.5, 0.6) is 0 Å². The lowest BCUT2D eigenvalue weighted by Crippen LogP contribution is -2.44. The Morgan fingerprint density at radius 2 is 2.21 bits per heavy atom. The molecule has 0 bridgehead atoms. The van der Waals surface area contributed by atoms with Gasteiger partial charge in [-0.3, -0.25) is 4.90 Å². The fraction of sp³-hybridized carbons (Fsp3) is 0.611. The number of carbonyl (C=O) groups excluding carboxylic acids is 1. The summed E-state index contributed by atoms with van der Waals surface area (Å²) in [4.78, 5) is 13.9. The molecule has 2 heterocycles. The van der Waals surface area contributed by atoms with Gasteiger partial charge < -0.3 is 16.0 Å². The summed E-state index contributed by atoms with van der Waals surface area (Å²) in [6.45, 7) is 6.99. The van der Waals surface area contributed by atoms with E-state index in [1.165, 1.54) is 0 Å². The molecule has 0 amide bonds. The summed E-state index contributed by atoms with van der Waals surface area (Å²) in [5.41, 5.74) is 3.53. The molecule has 0 radical (unpaired) electrons. The highest BCUT2D eigenvalue weighted by atomic mass is 35.5. The molecular formula is C18H27ClN2O3. The SMILES string of the molecule is Cc1c([C@@H](O)CN2CCCC(C)(CCl)C2)ccc2c1COC2=O.N. The Hall–Kier alpha value is -1.14. The maximum atomic E-state index is 11.6. The Morgan fingerprint density at radius 1 is 1.46 bits per heavy atom. The van der Waals surface area contributed by atoms with E-state index in [1.54, 1.807) is 6.07 Å². The molecule has 1 fully saturated rings. The van der Waals surface area contributed by atoms with E-state index in [4.69, 9.17) is 16.3 Å². The van der Waals surface area contributed by atoms with E-state index >= 15 is 0 Å². The fourth-order valence-corrected chi connectivity index (χ4v) is 3.98. The number of aliphatic hydroxyl groups is 1. The van der Waals surface area contributed by atoms with Crippen molar-refractivity contribution in [2.75, 3.05) is 25.5 Å². The molecule has 0 saturated carbocycles. The summed E-state index contributed by atoms with van der Waals surface area (Å²) in [5, 5.41) is 10.7. The highest BCUT2D eigenvalue weighted by Gasteiger charge is 2.32. The molecule has 2 aliphatic rings. The number of piperidine rings is 1. The molecule has 2 aliphatic heterocycles. The summed E-state index contributed by atoms with van der Waals surface area (Å²) in [6, 6.07) is 3.63. The number of alkyl halides is 1. The van der Waals surface area contributed by atoms with Crippen molar-refractivity contribution < 1.29 is 14.6 Å². The van der Waals surface area contributed by atoms with E-state index in [0.29, 0.717) is 24.6 Å². The molecule has 1 aromatic carbocycles. The predicted molar refractivity (Wildman–Crippen MR) is 94.8 cm³/mol. The Labute approximate surface area is 148 Å². The van der Waals surface area contributed by atoms with Crippen molar-refractivity contribution in [1.29, 1.82) is 0 Å². The maximum Gasteiger partial charge on any atom is 0.338 e. The average molecular weight is 355 g/mol. The number of β-amino-alcohol motifs (C(OH)–C–C–N with tert-alkyl or cyclic N) is 1. The van der Waals surface area contributed by atoms with Crippen LogP contribution >= 0.6 is 11.6 Å². The standard InChI is InChI=1S/C18H24ClNO3.H3N/c1-12-13(4-5-14-15(12)9-23-17(14)22)16(21)8-20-7-3-6-18(2,10-19)11-20;/h4-5,16,21H,3,6-11H2,1-2H3;1H3/t16-,18?;/m0./s1. The Morgan fingerprint density at radius 3 is 2.92 bits per heavy atom. The van der Waals surface area contributed by atoms with Gasteiger partial charge >= 0.3 is 5.97 Å². The van der Waals surface area contributed by atoms with E-state index in [2.05, 4.69) is 11.8 Å². The lowest BCUT2D eigenvalue weighted by molar-refractivity contribution is 0.0535. The van der Waals surface area contributed by atoms with Gasteiger partial charge in [-0.25, -0.2) is 4.79 Å². The highest BCUT2D eigenvalue weighted by Crippen LogP contribution is 2.33. The van der Waals surface area contributed by atoms with Gasteiger partial charge in [-0.2, -0.15) is 0 Å². The van der Waals surface area contributed by atoms with Crippen LogP contribution in [0.4, 0.5) is 0 Å². The van der Waals surface area contributed by atoms with Gasteiger partial charge in [0.25, 0.3) is 0 Å². The normalized spacial score (nSPS) is 24.9. The first kappa shape index (κ1) is 19.2. The summed E-state index contributed by atoms with van der Waals surface area (Å²) in [6.07, 6.45) is 1.69. The number of esters is 1. The monoisotopic (exact) mass is 354 g/mol. The largest absolute Gasteiger partial charge is 0.457 e. The second kappa shape index (κ2) is 7.40. The number of cyclic esters (lactones) is 1. The number of nitrogens with zero attached hydrogens (tertiary/aromatic N) is 1. The van der Waals surface area contributed by atoms with E-state index in [0.717, 1.165) is 42.6 Å². The first-order chi connectivity index (χ1) is 10.9. The van der Waals surface area contributed by atoms with Crippen LogP contribution in [0.3, 0.4) is 0 Å². The van der Waals surface area contributed by atoms with Crippen molar-refractivity contribution in [1.82, 2.24) is 11.1 Å². The third-order valence-corrected chi connectivity index (χ3v) is 5.83. The van der Waals surface area contributed by atoms with Gasteiger partial charge in [-0.1, -0.05) is 13.0 Å². The minimum atomic E-state index is -0.561. The van der Waals surface area contributed by atoms with E-state index in [9.17, 15) is 9.90 Å².